The van der Waals surface area contributed by atoms with Crippen LogP contribution in [-0.2, 0) is 22.6 Å². The van der Waals surface area contributed by atoms with Crippen LogP contribution in [0.1, 0.15) is 24.0 Å². The Balaban J connectivity index is 1.39. The van der Waals surface area contributed by atoms with Crippen LogP contribution in [0.5, 0.6) is 0 Å². The van der Waals surface area contributed by atoms with Crippen molar-refractivity contribution in [3.8, 4) is 0 Å². The van der Waals surface area contributed by atoms with Crippen molar-refractivity contribution in [3.05, 3.63) is 71.4 Å². The Bertz CT molecular complexity index is 1030. The van der Waals surface area contributed by atoms with Crippen LogP contribution >= 0.6 is 0 Å². The van der Waals surface area contributed by atoms with Gasteiger partial charge in [0.15, 0.2) is 12.7 Å². The lowest BCUT2D eigenvalue weighted by Crippen LogP contribution is -2.43. The number of hydrogen-bond acceptors (Lipinski definition) is 4. The summed E-state index contributed by atoms with van der Waals surface area (Å²) in [7, 11) is -1.60. The van der Waals surface area contributed by atoms with Crippen LogP contribution in [0.2, 0.25) is 0 Å². The van der Waals surface area contributed by atoms with Gasteiger partial charge in [0.1, 0.15) is 12.3 Å². The number of anilines is 1. The van der Waals surface area contributed by atoms with Gasteiger partial charge in [0.05, 0.1) is 12.0 Å². The number of rotatable bonds is 5. The average molecular weight is 404 g/mol. The van der Waals surface area contributed by atoms with Gasteiger partial charge in [-0.25, -0.2) is 4.58 Å². The highest BCUT2D eigenvalue weighted by molar-refractivity contribution is 6.58. The molecule has 30 heavy (non-hydrogen) atoms. The lowest BCUT2D eigenvalue weighted by atomic mass is 9.79. The lowest BCUT2D eigenvalue weighted by molar-refractivity contribution is -0.467. The molecule has 0 saturated heterocycles. The standard InChI is InChI=1S/C22H22BN3O4/c27-21(17-10-11-26(14-17)13-15-4-2-1-3-5-15)24-19-9-7-16-6-8-18(23(29)30)12-20(16)25-22(19)28/h1-6,8,11-12,14,19,29-30H,7,9-10,13H2,(H-,24,25,27,28)/p+1/t19-/m0/s1. The van der Waals surface area contributed by atoms with Crippen LogP contribution in [0.3, 0.4) is 0 Å². The average Bonchev–Trinajstić information content (AvgIpc) is 3.14. The van der Waals surface area contributed by atoms with Gasteiger partial charge in [0.2, 0.25) is 5.91 Å². The molecule has 2 aliphatic heterocycles. The number of nitrogens with zero attached hydrogens (tertiary/aromatic N) is 1. The first-order valence-corrected chi connectivity index (χ1v) is 9.94. The van der Waals surface area contributed by atoms with Gasteiger partial charge in [-0.1, -0.05) is 42.5 Å². The molecular weight excluding hydrogens is 381 g/mol. The highest BCUT2D eigenvalue weighted by atomic mass is 16.4. The number of nitrogens with one attached hydrogen (secondary N) is 2. The molecule has 2 aliphatic rings. The van der Waals surface area contributed by atoms with Crippen molar-refractivity contribution >= 4 is 36.3 Å². The first-order chi connectivity index (χ1) is 14.5. The van der Waals surface area contributed by atoms with E-state index in [2.05, 4.69) is 10.6 Å². The van der Waals surface area contributed by atoms with E-state index in [9.17, 15) is 19.6 Å². The van der Waals surface area contributed by atoms with Crippen molar-refractivity contribution in [1.82, 2.24) is 5.32 Å². The highest BCUT2D eigenvalue weighted by Crippen LogP contribution is 2.21. The van der Waals surface area contributed by atoms with E-state index in [1.165, 1.54) is 0 Å². The fourth-order valence-electron chi connectivity index (χ4n) is 3.71. The Labute approximate surface area is 174 Å². The summed E-state index contributed by atoms with van der Waals surface area (Å²) in [4.78, 5) is 25.3. The zero-order chi connectivity index (χ0) is 21.1. The van der Waals surface area contributed by atoms with Crippen LogP contribution in [0, 0.1) is 0 Å². The van der Waals surface area contributed by atoms with Crippen LogP contribution in [0.25, 0.3) is 0 Å². The summed E-state index contributed by atoms with van der Waals surface area (Å²) in [6, 6.07) is 14.3. The van der Waals surface area contributed by atoms with E-state index in [0.29, 0.717) is 42.5 Å². The van der Waals surface area contributed by atoms with Gasteiger partial charge >= 0.3 is 7.12 Å². The molecule has 2 aromatic rings. The predicted molar refractivity (Wildman–Crippen MR) is 114 cm³/mol. The molecule has 0 bridgehead atoms. The number of carbonyl (C=O) groups excluding carboxylic acids is 2. The zero-order valence-electron chi connectivity index (χ0n) is 16.4. The number of amides is 2. The Morgan fingerprint density at radius 1 is 1.20 bits per heavy atom. The summed E-state index contributed by atoms with van der Waals surface area (Å²) in [6.07, 6.45) is 5.36. The summed E-state index contributed by atoms with van der Waals surface area (Å²) < 4.78 is 1.98. The molecular formula is C22H23BN3O4+. The molecule has 0 aromatic heterocycles. The number of hydrogen-bond donors (Lipinski definition) is 4. The van der Waals surface area contributed by atoms with Gasteiger partial charge in [-0.05, 0) is 29.9 Å². The molecule has 152 valence electrons. The summed E-state index contributed by atoms with van der Waals surface area (Å²) in [5, 5.41) is 24.3. The second-order valence-corrected chi connectivity index (χ2v) is 7.54. The van der Waals surface area contributed by atoms with Crippen molar-refractivity contribution in [2.75, 3.05) is 5.32 Å². The molecule has 0 saturated carbocycles. The summed E-state index contributed by atoms with van der Waals surface area (Å²) >= 11 is 0. The number of aryl methyl sites for hydroxylation is 1. The third-order valence-corrected chi connectivity index (χ3v) is 5.38. The van der Waals surface area contributed by atoms with Gasteiger partial charge in [0, 0.05) is 11.3 Å². The monoisotopic (exact) mass is 404 g/mol. The Morgan fingerprint density at radius 2 is 2.00 bits per heavy atom. The Kier molecular flexibility index (Phi) is 5.78. The molecule has 0 fully saturated rings. The minimum atomic E-state index is -1.60. The highest BCUT2D eigenvalue weighted by Gasteiger charge is 2.29. The second kappa shape index (κ2) is 8.65. The molecule has 8 heteroatoms. The van der Waals surface area contributed by atoms with Crippen molar-refractivity contribution in [1.29, 1.82) is 0 Å². The van der Waals surface area contributed by atoms with Crippen molar-refractivity contribution < 1.29 is 24.2 Å². The van der Waals surface area contributed by atoms with Crippen molar-refractivity contribution in [2.45, 2.75) is 31.8 Å². The fraction of sp³-hybridized carbons (Fsp3) is 0.227. The van der Waals surface area contributed by atoms with E-state index < -0.39 is 13.2 Å². The van der Waals surface area contributed by atoms with Crippen molar-refractivity contribution in [2.24, 2.45) is 0 Å². The fourth-order valence-corrected chi connectivity index (χ4v) is 3.71. The molecule has 0 aliphatic carbocycles. The molecule has 0 unspecified atom stereocenters. The lowest BCUT2D eigenvalue weighted by Gasteiger charge is -2.15. The number of fused-ring (bicyclic) bond motifs is 1. The SMILES string of the molecule is O=C(N[C@H]1CCc2ccc(B(O)O)cc2NC1=O)C1=C[N+](Cc2ccccc2)=CC1. The smallest absolute Gasteiger partial charge is 0.423 e. The molecule has 2 aromatic carbocycles. The summed E-state index contributed by atoms with van der Waals surface area (Å²) in [5.74, 6) is -0.560. The van der Waals surface area contributed by atoms with Crippen LogP contribution in [0.4, 0.5) is 5.69 Å². The number of carbonyl (C=O) groups is 2. The maximum Gasteiger partial charge on any atom is 0.488 e. The van der Waals surface area contributed by atoms with E-state index in [4.69, 9.17) is 0 Å². The van der Waals surface area contributed by atoms with E-state index in [1.54, 1.807) is 18.2 Å². The van der Waals surface area contributed by atoms with E-state index >= 15 is 0 Å². The Morgan fingerprint density at radius 3 is 2.77 bits per heavy atom. The van der Waals surface area contributed by atoms with Gasteiger partial charge in [-0.2, -0.15) is 0 Å². The molecule has 4 rings (SSSR count). The quantitative estimate of drug-likeness (QED) is 0.426. The van der Waals surface area contributed by atoms with E-state index in [0.717, 1.165) is 11.1 Å². The van der Waals surface area contributed by atoms with Gasteiger partial charge in [0.25, 0.3) is 5.91 Å². The molecule has 7 nitrogen and oxygen atoms in total. The molecule has 0 spiro atoms. The molecule has 2 amide bonds. The number of benzene rings is 2. The van der Waals surface area contributed by atoms with Crippen LogP contribution in [0.15, 0.2) is 60.3 Å². The molecule has 1 atom stereocenters. The van der Waals surface area contributed by atoms with Crippen LogP contribution in [-0.4, -0.2) is 45.8 Å². The van der Waals surface area contributed by atoms with Gasteiger partial charge < -0.3 is 20.7 Å². The third kappa shape index (κ3) is 4.50. The molecule has 4 N–H and O–H groups in total. The largest absolute Gasteiger partial charge is 0.488 e. The predicted octanol–water partition coefficient (Wildman–Crippen LogP) is 0.307. The molecule has 0 radical (unpaired) electrons. The normalized spacial score (nSPS) is 17.9. The molecule has 2 heterocycles. The minimum absolute atomic E-state index is 0.251. The van der Waals surface area contributed by atoms with Gasteiger partial charge in [-0.15, -0.1) is 0 Å². The minimum Gasteiger partial charge on any atom is -0.423 e. The Hall–Kier alpha value is -3.23. The topological polar surface area (TPSA) is 102 Å². The maximum absolute atomic E-state index is 12.7. The first kappa shape index (κ1) is 20.1. The first-order valence-electron chi connectivity index (χ1n) is 9.94. The maximum atomic E-state index is 12.7. The summed E-state index contributed by atoms with van der Waals surface area (Å²) in [6.45, 7) is 0.690. The zero-order valence-corrected chi connectivity index (χ0v) is 16.4. The van der Waals surface area contributed by atoms with Gasteiger partial charge in [-0.3, -0.25) is 9.59 Å². The third-order valence-electron chi connectivity index (χ3n) is 5.38. The van der Waals surface area contributed by atoms with E-state index in [1.807, 2.05) is 47.3 Å². The summed E-state index contributed by atoms with van der Waals surface area (Å²) in [5.41, 5.74) is 3.52. The second-order valence-electron chi connectivity index (χ2n) is 7.54. The van der Waals surface area contributed by atoms with E-state index in [-0.39, 0.29) is 11.8 Å². The van der Waals surface area contributed by atoms with Crippen molar-refractivity contribution in [3.63, 3.8) is 0 Å². The van der Waals surface area contributed by atoms with Crippen LogP contribution < -0.4 is 16.1 Å².